The van der Waals surface area contributed by atoms with Gasteiger partial charge in [-0.3, -0.25) is 4.72 Å². The van der Waals surface area contributed by atoms with Crippen LogP contribution in [0.3, 0.4) is 0 Å². The third-order valence-corrected chi connectivity index (χ3v) is 5.24. The standard InChI is InChI=1S/C12H12Cl2N2O3S/c1-6-4-9(13)8(3)12(11(6)14)20(17,18)16-10-5-7(2)19-15-10/h4-5H,1-3H3,(H,15,16). The van der Waals surface area contributed by atoms with Gasteiger partial charge < -0.3 is 4.52 Å². The van der Waals surface area contributed by atoms with Gasteiger partial charge in [0.25, 0.3) is 10.0 Å². The molecule has 0 radical (unpaired) electrons. The molecular formula is C12H12Cl2N2O3S. The Hall–Kier alpha value is -1.24. The molecule has 20 heavy (non-hydrogen) atoms. The molecule has 2 aromatic rings. The molecule has 5 nitrogen and oxygen atoms in total. The van der Waals surface area contributed by atoms with E-state index in [-0.39, 0.29) is 15.7 Å². The molecule has 2 rings (SSSR count). The number of sulfonamides is 1. The Morgan fingerprint density at radius 3 is 2.40 bits per heavy atom. The maximum absolute atomic E-state index is 12.4. The molecule has 108 valence electrons. The zero-order valence-corrected chi connectivity index (χ0v) is 13.3. The molecule has 0 amide bonds. The van der Waals surface area contributed by atoms with Gasteiger partial charge in [-0.05, 0) is 38.0 Å². The Labute approximate surface area is 126 Å². The summed E-state index contributed by atoms with van der Waals surface area (Å²) in [6.45, 7) is 4.94. The Balaban J connectivity index is 2.55. The molecule has 0 saturated heterocycles. The molecule has 0 aliphatic rings. The van der Waals surface area contributed by atoms with Gasteiger partial charge in [-0.25, -0.2) is 8.42 Å². The lowest BCUT2D eigenvalue weighted by Gasteiger charge is -2.13. The minimum Gasteiger partial charge on any atom is -0.360 e. The van der Waals surface area contributed by atoms with Gasteiger partial charge in [0.1, 0.15) is 10.7 Å². The number of rotatable bonds is 3. The van der Waals surface area contributed by atoms with E-state index in [9.17, 15) is 8.42 Å². The molecule has 0 unspecified atom stereocenters. The van der Waals surface area contributed by atoms with Crippen molar-refractivity contribution >= 4 is 39.0 Å². The highest BCUT2D eigenvalue weighted by Crippen LogP contribution is 2.34. The molecule has 8 heteroatoms. The summed E-state index contributed by atoms with van der Waals surface area (Å²) >= 11 is 12.1. The Bertz CT molecular complexity index is 743. The first-order valence-corrected chi connectivity index (χ1v) is 7.87. The van der Waals surface area contributed by atoms with Crippen molar-refractivity contribution in [2.45, 2.75) is 25.7 Å². The second kappa shape index (κ2) is 5.27. The van der Waals surface area contributed by atoms with E-state index < -0.39 is 10.0 Å². The van der Waals surface area contributed by atoms with Gasteiger partial charge in [0.15, 0.2) is 5.82 Å². The highest BCUT2D eigenvalue weighted by atomic mass is 35.5. The van der Waals surface area contributed by atoms with E-state index in [2.05, 4.69) is 9.88 Å². The van der Waals surface area contributed by atoms with Gasteiger partial charge in [-0.2, -0.15) is 0 Å². The molecule has 1 heterocycles. The molecule has 0 saturated carbocycles. The summed E-state index contributed by atoms with van der Waals surface area (Å²) in [5, 5.41) is 4.06. The number of hydrogen-bond donors (Lipinski definition) is 1. The van der Waals surface area contributed by atoms with Gasteiger partial charge in [-0.15, -0.1) is 0 Å². The second-order valence-corrected chi connectivity index (χ2v) is 6.78. The third-order valence-electron chi connectivity index (χ3n) is 2.72. The highest BCUT2D eigenvalue weighted by molar-refractivity contribution is 7.92. The van der Waals surface area contributed by atoms with Crippen LogP contribution in [0.4, 0.5) is 5.82 Å². The van der Waals surface area contributed by atoms with E-state index in [0.717, 1.165) is 0 Å². The first kappa shape index (κ1) is 15.2. The Morgan fingerprint density at radius 1 is 1.20 bits per heavy atom. The van der Waals surface area contributed by atoms with Gasteiger partial charge in [-0.1, -0.05) is 28.4 Å². The van der Waals surface area contributed by atoms with Crippen LogP contribution in [0.2, 0.25) is 10.0 Å². The zero-order valence-electron chi connectivity index (χ0n) is 11.0. The van der Waals surface area contributed by atoms with Crippen LogP contribution in [-0.2, 0) is 10.0 Å². The third kappa shape index (κ3) is 2.77. The van der Waals surface area contributed by atoms with Crippen molar-refractivity contribution in [1.82, 2.24) is 5.16 Å². The van der Waals surface area contributed by atoms with Crippen LogP contribution in [0.1, 0.15) is 16.9 Å². The number of anilines is 1. The lowest BCUT2D eigenvalue weighted by molar-refractivity contribution is 0.400. The van der Waals surface area contributed by atoms with Gasteiger partial charge in [0, 0.05) is 11.1 Å². The normalized spacial score (nSPS) is 11.7. The number of nitrogens with one attached hydrogen (secondary N) is 1. The van der Waals surface area contributed by atoms with E-state index >= 15 is 0 Å². The molecule has 1 aromatic carbocycles. The summed E-state index contributed by atoms with van der Waals surface area (Å²) in [6, 6.07) is 3.09. The van der Waals surface area contributed by atoms with Crippen molar-refractivity contribution in [3.8, 4) is 0 Å². The second-order valence-electron chi connectivity index (χ2n) is 4.37. The average Bonchev–Trinajstić information content (AvgIpc) is 2.71. The maximum atomic E-state index is 12.4. The summed E-state index contributed by atoms with van der Waals surface area (Å²) in [6.07, 6.45) is 0. The molecule has 1 aromatic heterocycles. The number of aryl methyl sites for hydroxylation is 2. The summed E-state index contributed by atoms with van der Waals surface area (Å²) in [5.41, 5.74) is 0.967. The predicted octanol–water partition coefficient (Wildman–Crippen LogP) is 3.71. The van der Waals surface area contributed by atoms with Crippen molar-refractivity contribution in [2.75, 3.05) is 4.72 Å². The lowest BCUT2D eigenvalue weighted by atomic mass is 10.2. The molecule has 0 aliphatic heterocycles. The largest absolute Gasteiger partial charge is 0.360 e. The van der Waals surface area contributed by atoms with Gasteiger partial charge in [0.2, 0.25) is 0 Å². The van der Waals surface area contributed by atoms with E-state index in [1.165, 1.54) is 6.07 Å². The predicted molar refractivity (Wildman–Crippen MR) is 78.0 cm³/mol. The first-order valence-electron chi connectivity index (χ1n) is 5.63. The summed E-state index contributed by atoms with van der Waals surface area (Å²) < 4.78 is 32.0. The fourth-order valence-corrected chi connectivity index (χ4v) is 3.94. The monoisotopic (exact) mass is 334 g/mol. The van der Waals surface area contributed by atoms with Crippen LogP contribution in [-0.4, -0.2) is 13.6 Å². The summed E-state index contributed by atoms with van der Waals surface area (Å²) in [7, 11) is -3.90. The smallest absolute Gasteiger partial charge is 0.264 e. The summed E-state index contributed by atoms with van der Waals surface area (Å²) in [4.78, 5) is -0.0511. The van der Waals surface area contributed by atoms with Crippen molar-refractivity contribution < 1.29 is 12.9 Å². The SMILES string of the molecule is Cc1cc(NS(=O)(=O)c2c(C)c(Cl)cc(C)c2Cl)no1. The van der Waals surface area contributed by atoms with Crippen LogP contribution >= 0.6 is 23.2 Å². The number of aromatic nitrogens is 1. The number of benzene rings is 1. The van der Waals surface area contributed by atoms with E-state index in [0.29, 0.717) is 21.9 Å². The van der Waals surface area contributed by atoms with E-state index in [1.54, 1.807) is 26.8 Å². The molecule has 1 N–H and O–H groups in total. The van der Waals surface area contributed by atoms with E-state index in [4.69, 9.17) is 27.7 Å². The zero-order chi connectivity index (χ0) is 15.1. The van der Waals surface area contributed by atoms with Crippen molar-refractivity contribution in [3.05, 3.63) is 39.1 Å². The van der Waals surface area contributed by atoms with Crippen molar-refractivity contribution in [3.63, 3.8) is 0 Å². The molecule has 0 atom stereocenters. The maximum Gasteiger partial charge on any atom is 0.264 e. The molecular weight excluding hydrogens is 323 g/mol. The van der Waals surface area contributed by atoms with Crippen LogP contribution in [0.5, 0.6) is 0 Å². The van der Waals surface area contributed by atoms with Crippen LogP contribution in [0, 0.1) is 20.8 Å². The van der Waals surface area contributed by atoms with Gasteiger partial charge >= 0.3 is 0 Å². The quantitative estimate of drug-likeness (QED) is 0.928. The fourth-order valence-electron chi connectivity index (χ4n) is 1.74. The van der Waals surface area contributed by atoms with Crippen LogP contribution in [0.25, 0.3) is 0 Å². The Kier molecular flexibility index (Phi) is 4.00. The first-order chi connectivity index (χ1) is 9.22. The minimum absolute atomic E-state index is 0.0511. The minimum atomic E-state index is -3.90. The van der Waals surface area contributed by atoms with Crippen molar-refractivity contribution in [1.29, 1.82) is 0 Å². The number of halogens is 2. The topological polar surface area (TPSA) is 72.2 Å². The average molecular weight is 335 g/mol. The Morgan fingerprint density at radius 2 is 1.85 bits per heavy atom. The van der Waals surface area contributed by atoms with Crippen LogP contribution < -0.4 is 4.72 Å². The van der Waals surface area contributed by atoms with E-state index in [1.807, 2.05) is 0 Å². The van der Waals surface area contributed by atoms with Gasteiger partial charge in [0.05, 0.1) is 5.02 Å². The number of nitrogens with zero attached hydrogens (tertiary/aromatic N) is 1. The molecule has 0 fully saturated rings. The highest BCUT2D eigenvalue weighted by Gasteiger charge is 2.24. The summed E-state index contributed by atoms with van der Waals surface area (Å²) in [5.74, 6) is 0.586. The molecule has 0 bridgehead atoms. The molecule has 0 aliphatic carbocycles. The van der Waals surface area contributed by atoms with Crippen LogP contribution in [0.15, 0.2) is 21.6 Å². The molecule has 0 spiro atoms. The fraction of sp³-hybridized carbons (Fsp3) is 0.250. The van der Waals surface area contributed by atoms with Crippen molar-refractivity contribution in [2.24, 2.45) is 0 Å². The number of hydrogen-bond acceptors (Lipinski definition) is 4. The lowest BCUT2D eigenvalue weighted by Crippen LogP contribution is -2.15.